The molecular formula is C56H71NS. The average molecular weight is 790 g/mol. The highest BCUT2D eigenvalue weighted by Crippen LogP contribution is 2.38. The molecule has 2 heteroatoms. The first kappa shape index (κ1) is 49.1. The fourth-order valence-corrected chi connectivity index (χ4v) is 7.72. The van der Waals surface area contributed by atoms with E-state index in [1.807, 2.05) is 39.5 Å². The van der Waals surface area contributed by atoms with E-state index in [4.69, 9.17) is 0 Å². The summed E-state index contributed by atoms with van der Waals surface area (Å²) in [5, 5.41) is 0. The monoisotopic (exact) mass is 790 g/mol. The predicted octanol–water partition coefficient (Wildman–Crippen LogP) is 17.3. The van der Waals surface area contributed by atoms with E-state index in [1.54, 1.807) is 0 Å². The molecule has 5 rings (SSSR count). The zero-order valence-corrected chi connectivity index (χ0v) is 38.9. The SMILES string of the molecule is C=C(C)C1=C(SC)CC=CC=C1.C=C(c1ccccc1C)c1c(C)ccc(-c2cccc(-n3cc(/C=C\C=C/C)c(C/C(C)=C\C)c3CC)c2)c1/C=C\C.CC.CC. The van der Waals surface area contributed by atoms with Gasteiger partial charge in [0.05, 0.1) is 0 Å². The summed E-state index contributed by atoms with van der Waals surface area (Å²) < 4.78 is 2.40. The van der Waals surface area contributed by atoms with Gasteiger partial charge in [-0.25, -0.2) is 0 Å². The lowest BCUT2D eigenvalue weighted by Crippen LogP contribution is -2.02. The second-order valence-electron chi connectivity index (χ2n) is 13.8. The van der Waals surface area contributed by atoms with Crippen LogP contribution in [0.2, 0.25) is 0 Å². The molecule has 1 aromatic heterocycles. The Labute approximate surface area is 358 Å². The van der Waals surface area contributed by atoms with E-state index in [9.17, 15) is 0 Å². The lowest BCUT2D eigenvalue weighted by molar-refractivity contribution is 0.912. The second-order valence-corrected chi connectivity index (χ2v) is 14.7. The van der Waals surface area contributed by atoms with Crippen LogP contribution in [-0.2, 0) is 12.8 Å². The van der Waals surface area contributed by atoms with Crippen LogP contribution in [0.25, 0.3) is 34.5 Å². The largest absolute Gasteiger partial charge is 0.320 e. The van der Waals surface area contributed by atoms with Crippen molar-refractivity contribution in [2.75, 3.05) is 6.26 Å². The van der Waals surface area contributed by atoms with E-state index in [0.717, 1.165) is 30.4 Å². The molecule has 0 atom stereocenters. The van der Waals surface area contributed by atoms with E-state index < -0.39 is 0 Å². The normalized spacial score (nSPS) is 12.5. The van der Waals surface area contributed by atoms with Crippen LogP contribution in [0.3, 0.4) is 0 Å². The first-order valence-electron chi connectivity index (χ1n) is 21.1. The Morgan fingerprint density at radius 3 is 2.17 bits per heavy atom. The van der Waals surface area contributed by atoms with Gasteiger partial charge in [0.1, 0.15) is 0 Å². The Balaban J connectivity index is 0.000000611. The number of hydrogen-bond acceptors (Lipinski definition) is 1. The van der Waals surface area contributed by atoms with E-state index in [1.165, 1.54) is 77.5 Å². The predicted molar refractivity (Wildman–Crippen MR) is 267 cm³/mol. The van der Waals surface area contributed by atoms with Crippen LogP contribution in [0.5, 0.6) is 0 Å². The Hall–Kier alpha value is -5.05. The first-order valence-corrected chi connectivity index (χ1v) is 22.3. The Morgan fingerprint density at radius 2 is 1.55 bits per heavy atom. The summed E-state index contributed by atoms with van der Waals surface area (Å²) >= 11 is 1.81. The molecule has 0 saturated heterocycles. The van der Waals surface area contributed by atoms with Gasteiger partial charge < -0.3 is 4.57 Å². The molecule has 0 spiro atoms. The third-order valence-corrected chi connectivity index (χ3v) is 10.8. The third kappa shape index (κ3) is 13.0. The molecule has 0 N–H and O–H groups in total. The summed E-state index contributed by atoms with van der Waals surface area (Å²) in [7, 11) is 0. The summed E-state index contributed by atoms with van der Waals surface area (Å²) in [5.41, 5.74) is 18.6. The molecule has 58 heavy (non-hydrogen) atoms. The zero-order valence-electron chi connectivity index (χ0n) is 38.1. The maximum Gasteiger partial charge on any atom is 0.0458 e. The average Bonchev–Trinajstić information content (AvgIpc) is 3.40. The Morgan fingerprint density at radius 1 is 0.828 bits per heavy atom. The highest BCUT2D eigenvalue weighted by Gasteiger charge is 2.18. The first-order chi connectivity index (χ1) is 28.1. The molecular weight excluding hydrogens is 719 g/mol. The third-order valence-electron chi connectivity index (χ3n) is 9.93. The van der Waals surface area contributed by atoms with Gasteiger partial charge in [-0.1, -0.05) is 174 Å². The van der Waals surface area contributed by atoms with Crippen LogP contribution >= 0.6 is 11.8 Å². The molecule has 0 saturated carbocycles. The molecule has 1 aliphatic rings. The lowest BCUT2D eigenvalue weighted by Gasteiger charge is -2.19. The van der Waals surface area contributed by atoms with E-state index in [2.05, 4.69) is 213 Å². The molecule has 0 aliphatic heterocycles. The molecule has 0 unspecified atom stereocenters. The van der Waals surface area contributed by atoms with Crippen LogP contribution in [-0.4, -0.2) is 10.8 Å². The van der Waals surface area contributed by atoms with Crippen molar-refractivity contribution in [2.45, 2.75) is 102 Å². The van der Waals surface area contributed by atoms with Gasteiger partial charge in [0.25, 0.3) is 0 Å². The van der Waals surface area contributed by atoms with Crippen molar-refractivity contribution in [2.24, 2.45) is 0 Å². The number of thioether (sulfide) groups is 1. The Kier molecular flexibility index (Phi) is 22.1. The van der Waals surface area contributed by atoms with Crippen LogP contribution in [0.1, 0.15) is 120 Å². The highest BCUT2D eigenvalue weighted by atomic mass is 32.2. The number of aromatic nitrogens is 1. The highest BCUT2D eigenvalue weighted by molar-refractivity contribution is 8.02. The van der Waals surface area contributed by atoms with Crippen molar-refractivity contribution in [3.8, 4) is 16.8 Å². The standard InChI is InChI=1S/C41H45N.C11H14S.2C2H6/c1-9-13-14-20-34-28-42(40(12-4)39(34)26-29(5)11-3)35-22-17-21-33(27-35)37-25-24-31(7)41(38(37)18-10-2)32(8)36-23-16-15-19-30(36)6;1-9(2)10-7-5-4-6-8-11(10)12-3;2*1-2/h9-11,13-25,27-28H,8,12,26H2,1-7H3;4-7H,1,8H2,2-3H3;2*1-2H3/b13-9-,18-10-,20-14-,29-11-;;;. The summed E-state index contributed by atoms with van der Waals surface area (Å²) in [6.07, 6.45) is 31.0. The molecule has 306 valence electrons. The van der Waals surface area contributed by atoms with Gasteiger partial charge in [0.15, 0.2) is 0 Å². The van der Waals surface area contributed by atoms with E-state index in [0.29, 0.717) is 0 Å². The van der Waals surface area contributed by atoms with Crippen molar-refractivity contribution in [3.05, 3.63) is 201 Å². The summed E-state index contributed by atoms with van der Waals surface area (Å²) in [5.74, 6) is 0. The molecule has 4 aromatic rings. The number of aryl methyl sites for hydroxylation is 2. The van der Waals surface area contributed by atoms with Crippen molar-refractivity contribution in [3.63, 3.8) is 0 Å². The molecule has 0 bridgehead atoms. The van der Waals surface area contributed by atoms with Crippen LogP contribution in [0.4, 0.5) is 0 Å². The fraction of sp³-hybridized carbons (Fsp3) is 0.286. The van der Waals surface area contributed by atoms with Crippen molar-refractivity contribution in [1.29, 1.82) is 0 Å². The van der Waals surface area contributed by atoms with Gasteiger partial charge in [-0.3, -0.25) is 0 Å². The molecule has 1 aliphatic carbocycles. The lowest BCUT2D eigenvalue weighted by atomic mass is 9.85. The topological polar surface area (TPSA) is 4.93 Å². The number of hydrogen-bond donors (Lipinski definition) is 0. The molecule has 0 fully saturated rings. The molecule has 0 radical (unpaired) electrons. The van der Waals surface area contributed by atoms with Gasteiger partial charge in [0.2, 0.25) is 0 Å². The zero-order chi connectivity index (χ0) is 43.2. The maximum atomic E-state index is 4.60. The molecule has 3 aromatic carbocycles. The summed E-state index contributed by atoms with van der Waals surface area (Å²) in [6, 6.07) is 22.0. The fourth-order valence-electron chi connectivity index (χ4n) is 6.99. The van der Waals surface area contributed by atoms with Gasteiger partial charge >= 0.3 is 0 Å². The number of rotatable bonds is 12. The van der Waals surface area contributed by atoms with Gasteiger partial charge in [0, 0.05) is 17.6 Å². The van der Waals surface area contributed by atoms with E-state index >= 15 is 0 Å². The van der Waals surface area contributed by atoms with Gasteiger partial charge in [-0.15, -0.1) is 11.8 Å². The smallest absolute Gasteiger partial charge is 0.0458 e. The molecule has 0 amide bonds. The minimum absolute atomic E-state index is 0.954. The van der Waals surface area contributed by atoms with E-state index in [-0.39, 0.29) is 0 Å². The second kappa shape index (κ2) is 26.1. The van der Waals surface area contributed by atoms with Crippen LogP contribution in [0, 0.1) is 13.8 Å². The van der Waals surface area contributed by atoms with Gasteiger partial charge in [-0.2, -0.15) is 0 Å². The summed E-state index contributed by atoms with van der Waals surface area (Å²) in [4.78, 5) is 1.41. The number of allylic oxidation sites excluding steroid dienone is 13. The molecule has 1 nitrogen and oxygen atoms in total. The van der Waals surface area contributed by atoms with Crippen molar-refractivity contribution in [1.82, 2.24) is 4.57 Å². The van der Waals surface area contributed by atoms with Gasteiger partial charge in [-0.05, 0) is 152 Å². The Bertz CT molecular complexity index is 2180. The quantitative estimate of drug-likeness (QED) is 0.102. The minimum atomic E-state index is 0.954. The maximum absolute atomic E-state index is 4.60. The summed E-state index contributed by atoms with van der Waals surface area (Å²) in [6.45, 7) is 33.7. The minimum Gasteiger partial charge on any atom is -0.320 e. The molecule has 1 heterocycles. The van der Waals surface area contributed by atoms with Crippen LogP contribution in [0.15, 0.2) is 156 Å². The number of benzene rings is 3. The van der Waals surface area contributed by atoms with Crippen LogP contribution < -0.4 is 0 Å². The van der Waals surface area contributed by atoms with Crippen molar-refractivity contribution < 1.29 is 0 Å². The number of nitrogens with zero attached hydrogens (tertiary/aromatic N) is 1. The van der Waals surface area contributed by atoms with Crippen molar-refractivity contribution >= 4 is 29.5 Å².